The van der Waals surface area contributed by atoms with Gasteiger partial charge in [-0.15, -0.1) is 0 Å². The normalized spacial score (nSPS) is 13.6. The van der Waals surface area contributed by atoms with Crippen molar-refractivity contribution in [3.05, 3.63) is 48.6 Å². The SMILES string of the molecule is CC/C=C\C/C=C\C/C=C\C/C=C\CCCCCCC(=O)OC(COCCC(C(=O)[O-])[N+](C)(C)C)COC(=O)CCCCCCCCCC. The summed E-state index contributed by atoms with van der Waals surface area (Å²) < 4.78 is 17.0. The molecular formula is C41H71NO7. The fraction of sp³-hybridized carbons (Fsp3) is 0.732. The number of hydrogen-bond donors (Lipinski definition) is 0. The standard InChI is InChI=1S/C41H71NO7/c1-6-8-10-12-14-16-17-18-19-20-21-22-23-24-26-28-30-32-40(44)49-37(35-47-34-33-38(41(45)46)42(3,4)5)36-48-39(43)31-29-27-25-15-13-11-9-7-2/h8,10,14,16,18-19,21-22,37-38H,6-7,9,11-13,15,17,20,23-36H2,1-5H3/b10-8-,16-14-,19-18-,22-21-. The summed E-state index contributed by atoms with van der Waals surface area (Å²) in [5, 5.41) is 11.6. The van der Waals surface area contributed by atoms with Crippen molar-refractivity contribution in [1.82, 2.24) is 0 Å². The molecule has 0 aliphatic rings. The first-order chi connectivity index (χ1) is 23.6. The van der Waals surface area contributed by atoms with Crippen molar-refractivity contribution >= 4 is 17.9 Å². The molecule has 0 aliphatic heterocycles. The Morgan fingerprint density at radius 2 is 1.14 bits per heavy atom. The highest BCUT2D eigenvalue weighted by Gasteiger charge is 2.25. The van der Waals surface area contributed by atoms with Crippen LogP contribution < -0.4 is 5.11 Å². The number of carboxylic acids is 1. The van der Waals surface area contributed by atoms with E-state index in [4.69, 9.17) is 14.2 Å². The van der Waals surface area contributed by atoms with Gasteiger partial charge in [-0.3, -0.25) is 9.59 Å². The molecular weight excluding hydrogens is 618 g/mol. The van der Waals surface area contributed by atoms with Gasteiger partial charge in [-0.25, -0.2) is 0 Å². The molecule has 0 spiro atoms. The largest absolute Gasteiger partial charge is 0.544 e. The van der Waals surface area contributed by atoms with Crippen LogP contribution in [0.25, 0.3) is 0 Å². The molecule has 0 heterocycles. The molecule has 282 valence electrons. The quantitative estimate of drug-likeness (QED) is 0.0295. The van der Waals surface area contributed by atoms with Crippen molar-refractivity contribution in [3.63, 3.8) is 0 Å². The molecule has 2 atom stereocenters. The number of unbranched alkanes of at least 4 members (excludes halogenated alkanes) is 11. The minimum Gasteiger partial charge on any atom is -0.544 e. The van der Waals surface area contributed by atoms with Crippen LogP contribution in [0.1, 0.15) is 142 Å². The number of carboxylic acid groups (broad SMARTS) is 1. The Balaban J connectivity index is 4.44. The molecule has 8 heteroatoms. The summed E-state index contributed by atoms with van der Waals surface area (Å²) in [4.78, 5) is 36.6. The molecule has 2 unspecified atom stereocenters. The smallest absolute Gasteiger partial charge is 0.306 e. The van der Waals surface area contributed by atoms with Crippen LogP contribution in [0.3, 0.4) is 0 Å². The van der Waals surface area contributed by atoms with Crippen molar-refractivity contribution in [2.75, 3.05) is 41.0 Å². The molecule has 0 aromatic rings. The van der Waals surface area contributed by atoms with Gasteiger partial charge in [0.1, 0.15) is 12.6 Å². The van der Waals surface area contributed by atoms with Gasteiger partial charge < -0.3 is 28.6 Å². The lowest BCUT2D eigenvalue weighted by molar-refractivity contribution is -0.889. The molecule has 0 saturated heterocycles. The van der Waals surface area contributed by atoms with E-state index >= 15 is 0 Å². The minimum absolute atomic E-state index is 0.0303. The summed E-state index contributed by atoms with van der Waals surface area (Å²) in [6.45, 7) is 4.47. The summed E-state index contributed by atoms with van der Waals surface area (Å²) in [5.41, 5.74) is 0. The third-order valence-electron chi connectivity index (χ3n) is 8.23. The van der Waals surface area contributed by atoms with Gasteiger partial charge in [0.05, 0.1) is 40.3 Å². The summed E-state index contributed by atoms with van der Waals surface area (Å²) in [5.74, 6) is -1.78. The Morgan fingerprint density at radius 1 is 0.633 bits per heavy atom. The zero-order chi connectivity index (χ0) is 36.4. The summed E-state index contributed by atoms with van der Waals surface area (Å²) in [6.07, 6.45) is 35.7. The number of aliphatic carboxylic acids is 1. The van der Waals surface area contributed by atoms with Gasteiger partial charge in [0.25, 0.3) is 0 Å². The number of esters is 2. The Bertz CT molecular complexity index is 948. The first-order valence-corrected chi connectivity index (χ1v) is 19.2. The van der Waals surface area contributed by atoms with E-state index in [0.717, 1.165) is 77.0 Å². The van der Waals surface area contributed by atoms with Gasteiger partial charge in [-0.05, 0) is 51.4 Å². The number of likely N-dealkylation sites (N-methyl/N-ethyl adjacent to an activating group) is 1. The van der Waals surface area contributed by atoms with E-state index < -0.39 is 18.1 Å². The lowest BCUT2D eigenvalue weighted by Gasteiger charge is -2.34. The van der Waals surface area contributed by atoms with Gasteiger partial charge in [0, 0.05) is 19.3 Å². The highest BCUT2D eigenvalue weighted by Crippen LogP contribution is 2.12. The van der Waals surface area contributed by atoms with E-state index in [9.17, 15) is 19.5 Å². The maximum Gasteiger partial charge on any atom is 0.306 e. The lowest BCUT2D eigenvalue weighted by atomic mass is 10.1. The van der Waals surface area contributed by atoms with Crippen LogP contribution in [0.5, 0.6) is 0 Å². The van der Waals surface area contributed by atoms with Gasteiger partial charge in [-0.1, -0.05) is 120 Å². The second-order valence-corrected chi connectivity index (χ2v) is 13.8. The maximum atomic E-state index is 12.6. The van der Waals surface area contributed by atoms with Crippen molar-refractivity contribution in [3.8, 4) is 0 Å². The van der Waals surface area contributed by atoms with Crippen molar-refractivity contribution in [2.45, 2.75) is 154 Å². The number of carbonyl (C=O) groups is 3. The Labute approximate surface area is 299 Å². The zero-order valence-electron chi connectivity index (χ0n) is 31.8. The van der Waals surface area contributed by atoms with Crippen LogP contribution in [0.15, 0.2) is 48.6 Å². The van der Waals surface area contributed by atoms with Gasteiger partial charge in [0.15, 0.2) is 6.10 Å². The summed E-state index contributed by atoms with van der Waals surface area (Å²) in [7, 11) is 5.38. The second kappa shape index (κ2) is 32.5. The fourth-order valence-electron chi connectivity index (χ4n) is 5.24. The molecule has 0 saturated carbocycles. The first-order valence-electron chi connectivity index (χ1n) is 19.2. The predicted molar refractivity (Wildman–Crippen MR) is 199 cm³/mol. The van der Waals surface area contributed by atoms with Crippen LogP contribution in [0.2, 0.25) is 0 Å². The van der Waals surface area contributed by atoms with Crippen molar-refractivity contribution in [1.29, 1.82) is 0 Å². The number of carbonyl (C=O) groups excluding carboxylic acids is 3. The maximum absolute atomic E-state index is 12.6. The van der Waals surface area contributed by atoms with Crippen molar-refractivity contribution in [2.24, 2.45) is 0 Å². The lowest BCUT2D eigenvalue weighted by Crippen LogP contribution is -2.55. The minimum atomic E-state index is -1.13. The van der Waals surface area contributed by atoms with Crippen LogP contribution >= 0.6 is 0 Å². The predicted octanol–water partition coefficient (Wildman–Crippen LogP) is 8.35. The molecule has 0 aliphatic carbocycles. The van der Waals surface area contributed by atoms with Crippen LogP contribution in [0.4, 0.5) is 0 Å². The fourth-order valence-corrected chi connectivity index (χ4v) is 5.24. The molecule has 0 aromatic heterocycles. The van der Waals surface area contributed by atoms with E-state index in [1.807, 2.05) is 0 Å². The number of allylic oxidation sites excluding steroid dienone is 8. The second-order valence-electron chi connectivity index (χ2n) is 13.8. The van der Waals surface area contributed by atoms with Gasteiger partial charge in [0.2, 0.25) is 0 Å². The molecule has 49 heavy (non-hydrogen) atoms. The summed E-state index contributed by atoms with van der Waals surface area (Å²) >= 11 is 0. The zero-order valence-corrected chi connectivity index (χ0v) is 31.8. The van der Waals surface area contributed by atoms with Crippen LogP contribution in [-0.2, 0) is 28.6 Å². The molecule has 0 N–H and O–H groups in total. The first kappa shape index (κ1) is 46.3. The molecule has 0 rings (SSSR count). The number of ether oxygens (including phenoxy) is 3. The molecule has 0 amide bonds. The van der Waals surface area contributed by atoms with E-state index in [0.29, 0.717) is 12.8 Å². The summed E-state index contributed by atoms with van der Waals surface area (Å²) in [6, 6.07) is -0.728. The Morgan fingerprint density at radius 3 is 1.69 bits per heavy atom. The average molecular weight is 690 g/mol. The third kappa shape index (κ3) is 31.0. The van der Waals surface area contributed by atoms with Crippen molar-refractivity contribution < 1.29 is 38.2 Å². The molecule has 0 aromatic carbocycles. The van der Waals surface area contributed by atoms with Gasteiger partial charge >= 0.3 is 11.9 Å². The molecule has 8 nitrogen and oxygen atoms in total. The highest BCUT2D eigenvalue weighted by atomic mass is 16.6. The number of hydrogen-bond acceptors (Lipinski definition) is 7. The Kier molecular flexibility index (Phi) is 30.7. The van der Waals surface area contributed by atoms with E-state index in [2.05, 4.69) is 62.5 Å². The number of quaternary nitrogens is 1. The average Bonchev–Trinajstić information content (AvgIpc) is 3.05. The molecule has 0 radical (unpaired) electrons. The molecule has 0 bridgehead atoms. The van der Waals surface area contributed by atoms with E-state index in [-0.39, 0.29) is 42.7 Å². The van der Waals surface area contributed by atoms with Gasteiger partial charge in [-0.2, -0.15) is 0 Å². The highest BCUT2D eigenvalue weighted by molar-refractivity contribution is 5.70. The topological polar surface area (TPSA) is 102 Å². The van der Waals surface area contributed by atoms with E-state index in [1.54, 1.807) is 21.1 Å². The Hall–Kier alpha value is -2.71. The molecule has 0 fully saturated rings. The number of nitrogens with zero attached hydrogens (tertiary/aromatic N) is 1. The van der Waals surface area contributed by atoms with Crippen LogP contribution in [0, 0.1) is 0 Å². The van der Waals surface area contributed by atoms with E-state index in [1.165, 1.54) is 32.1 Å². The third-order valence-corrected chi connectivity index (χ3v) is 8.23. The van der Waals surface area contributed by atoms with Crippen LogP contribution in [-0.4, -0.2) is 75.5 Å². The monoisotopic (exact) mass is 690 g/mol. The number of rotatable bonds is 33.